The van der Waals surface area contributed by atoms with Crippen LogP contribution in [0.25, 0.3) is 21.9 Å². The van der Waals surface area contributed by atoms with Gasteiger partial charge in [-0.1, -0.05) is 5.16 Å². The highest BCUT2D eigenvalue weighted by Crippen LogP contribution is 2.39. The number of aromatic nitrogens is 2. The minimum absolute atomic E-state index is 0.108. The van der Waals surface area contributed by atoms with E-state index in [0.717, 1.165) is 4.31 Å². The molecule has 0 spiro atoms. The number of hydrogen-bond donors (Lipinski definition) is 2. The second-order valence-electron chi connectivity index (χ2n) is 6.25. The van der Waals surface area contributed by atoms with E-state index in [4.69, 9.17) is 15.0 Å². The summed E-state index contributed by atoms with van der Waals surface area (Å²) in [6.07, 6.45) is 1.58. The molecule has 29 heavy (non-hydrogen) atoms. The fourth-order valence-electron chi connectivity index (χ4n) is 3.24. The van der Waals surface area contributed by atoms with E-state index < -0.39 is 17.2 Å². The number of benzene rings is 2. The summed E-state index contributed by atoms with van der Waals surface area (Å²) >= 11 is -2.49. The molecule has 9 nitrogen and oxygen atoms in total. The van der Waals surface area contributed by atoms with Crippen molar-refractivity contribution in [1.29, 1.82) is 0 Å². The van der Waals surface area contributed by atoms with Crippen LogP contribution in [0, 0.1) is 6.92 Å². The summed E-state index contributed by atoms with van der Waals surface area (Å²) in [6.45, 7) is 1.71. The molecule has 0 bridgehead atoms. The molecule has 3 N–H and O–H groups in total. The molecule has 1 amide bonds. The molecule has 0 saturated carbocycles. The number of nitrogens with zero attached hydrogens (tertiary/aromatic N) is 3. The van der Waals surface area contributed by atoms with Crippen molar-refractivity contribution in [2.24, 2.45) is 5.73 Å². The van der Waals surface area contributed by atoms with Crippen molar-refractivity contribution in [3.8, 4) is 5.75 Å². The molecule has 0 radical (unpaired) electrons. The van der Waals surface area contributed by atoms with E-state index in [1.165, 1.54) is 13.2 Å². The summed E-state index contributed by atoms with van der Waals surface area (Å²) in [5.74, 6) is 0.0832. The molecule has 148 valence electrons. The van der Waals surface area contributed by atoms with E-state index in [1.54, 1.807) is 43.5 Å². The molecule has 1 atom stereocenters. The fraction of sp³-hybridized carbons (Fsp3) is 0.105. The van der Waals surface area contributed by atoms with Gasteiger partial charge in [-0.2, -0.15) is 0 Å². The number of carbonyl (C=O) groups excluding carboxylic acids is 1. The van der Waals surface area contributed by atoms with Gasteiger partial charge >= 0.3 is 0 Å². The molecule has 2 aromatic carbocycles. The summed E-state index contributed by atoms with van der Waals surface area (Å²) in [6, 6.07) is 9.94. The lowest BCUT2D eigenvalue weighted by Gasteiger charge is -2.19. The standard InChI is InChI=1S/C19H16N4O5S/c1-10-8-13-16(9-12(10)18(20)24)28-22-19(13)23(29(25)26)14-5-6-15(27-2)11-4-3-7-21-17(11)14/h3-9H,1-2H3,(H2,20,24)(H,25,26). The van der Waals surface area contributed by atoms with Crippen LogP contribution in [-0.4, -0.2) is 31.9 Å². The summed E-state index contributed by atoms with van der Waals surface area (Å²) < 4.78 is 34.2. The van der Waals surface area contributed by atoms with Crippen molar-refractivity contribution >= 4 is 50.6 Å². The number of hydrogen-bond acceptors (Lipinski definition) is 6. The van der Waals surface area contributed by atoms with Crippen LogP contribution in [0.15, 0.2) is 47.1 Å². The molecule has 0 fully saturated rings. The topological polar surface area (TPSA) is 132 Å². The maximum Gasteiger partial charge on any atom is 0.268 e. The Morgan fingerprint density at radius 1 is 1.28 bits per heavy atom. The second kappa shape index (κ2) is 7.15. The maximum atomic E-state index is 12.3. The molecule has 4 rings (SSSR count). The molecule has 0 saturated heterocycles. The summed E-state index contributed by atoms with van der Waals surface area (Å²) in [4.78, 5) is 15.9. The Labute approximate surface area is 167 Å². The summed E-state index contributed by atoms with van der Waals surface area (Å²) in [5, 5.41) is 5.09. The van der Waals surface area contributed by atoms with Crippen molar-refractivity contribution < 1.29 is 22.8 Å². The Hall–Kier alpha value is -3.50. The lowest BCUT2D eigenvalue weighted by Crippen LogP contribution is -2.20. The van der Waals surface area contributed by atoms with Crippen LogP contribution in [0.1, 0.15) is 15.9 Å². The number of carbonyl (C=O) groups is 1. The number of anilines is 2. The van der Waals surface area contributed by atoms with E-state index >= 15 is 0 Å². The molecule has 10 heteroatoms. The number of rotatable bonds is 5. The minimum Gasteiger partial charge on any atom is -0.496 e. The third-order valence-electron chi connectivity index (χ3n) is 4.56. The number of pyridine rings is 1. The van der Waals surface area contributed by atoms with Crippen molar-refractivity contribution in [2.75, 3.05) is 11.4 Å². The van der Waals surface area contributed by atoms with Crippen LogP contribution in [-0.2, 0) is 11.3 Å². The highest BCUT2D eigenvalue weighted by Gasteiger charge is 2.26. The van der Waals surface area contributed by atoms with Gasteiger partial charge in [0.05, 0.1) is 23.7 Å². The van der Waals surface area contributed by atoms with E-state index in [-0.39, 0.29) is 17.0 Å². The van der Waals surface area contributed by atoms with Gasteiger partial charge in [-0.05, 0) is 48.9 Å². The fourth-order valence-corrected chi connectivity index (χ4v) is 3.83. The largest absolute Gasteiger partial charge is 0.496 e. The second-order valence-corrected chi connectivity index (χ2v) is 7.07. The van der Waals surface area contributed by atoms with E-state index in [2.05, 4.69) is 10.1 Å². The van der Waals surface area contributed by atoms with Crippen LogP contribution in [0.4, 0.5) is 11.5 Å². The van der Waals surface area contributed by atoms with Gasteiger partial charge in [0, 0.05) is 17.1 Å². The Kier molecular flexibility index (Phi) is 4.65. The third-order valence-corrected chi connectivity index (χ3v) is 5.24. The van der Waals surface area contributed by atoms with Gasteiger partial charge in [-0.3, -0.25) is 14.3 Å². The summed E-state index contributed by atoms with van der Waals surface area (Å²) in [5.41, 5.74) is 7.32. The molecular formula is C19H16N4O5S. The molecule has 0 aliphatic rings. The van der Waals surface area contributed by atoms with Gasteiger partial charge in [0.25, 0.3) is 11.3 Å². The number of ether oxygens (including phenoxy) is 1. The highest BCUT2D eigenvalue weighted by molar-refractivity contribution is 7.81. The van der Waals surface area contributed by atoms with Gasteiger partial charge in [0.1, 0.15) is 5.75 Å². The predicted molar refractivity (Wildman–Crippen MR) is 108 cm³/mol. The average Bonchev–Trinajstić information content (AvgIpc) is 3.09. The number of nitrogens with two attached hydrogens (primary N) is 1. The van der Waals surface area contributed by atoms with Crippen molar-refractivity contribution in [3.63, 3.8) is 0 Å². The van der Waals surface area contributed by atoms with Crippen LogP contribution in [0.5, 0.6) is 5.75 Å². The molecule has 0 aliphatic carbocycles. The van der Waals surface area contributed by atoms with E-state index in [9.17, 15) is 13.6 Å². The van der Waals surface area contributed by atoms with Gasteiger partial charge in [-0.15, -0.1) is 0 Å². The minimum atomic E-state index is -2.49. The number of aryl methyl sites for hydroxylation is 1. The zero-order valence-corrected chi connectivity index (χ0v) is 16.3. The molecule has 1 unspecified atom stereocenters. The lowest BCUT2D eigenvalue weighted by atomic mass is 10.1. The highest BCUT2D eigenvalue weighted by atomic mass is 32.2. The predicted octanol–water partition coefficient (Wildman–Crippen LogP) is 3.07. The first kappa shape index (κ1) is 18.8. The Balaban J connectivity index is 1.98. The molecule has 0 aliphatic heterocycles. The quantitative estimate of drug-likeness (QED) is 0.481. The summed E-state index contributed by atoms with van der Waals surface area (Å²) in [7, 11) is 1.54. The van der Waals surface area contributed by atoms with Crippen molar-refractivity contribution in [1.82, 2.24) is 10.1 Å². The first-order valence-electron chi connectivity index (χ1n) is 8.45. The van der Waals surface area contributed by atoms with E-state index in [0.29, 0.717) is 33.3 Å². The van der Waals surface area contributed by atoms with Gasteiger partial charge in [0.15, 0.2) is 11.4 Å². The van der Waals surface area contributed by atoms with Gasteiger partial charge in [-0.25, -0.2) is 8.51 Å². The SMILES string of the molecule is COc1ccc(N(c2noc3cc(C(N)=O)c(C)cc23)S(=O)O)c2ncccc12. The first-order chi connectivity index (χ1) is 13.9. The molecule has 2 heterocycles. The van der Waals surface area contributed by atoms with Crippen molar-refractivity contribution in [2.45, 2.75) is 6.92 Å². The molecule has 2 aromatic heterocycles. The number of fused-ring (bicyclic) bond motifs is 2. The third kappa shape index (κ3) is 3.08. The number of amides is 1. The van der Waals surface area contributed by atoms with Crippen LogP contribution < -0.4 is 14.8 Å². The maximum absolute atomic E-state index is 12.3. The lowest BCUT2D eigenvalue weighted by molar-refractivity contribution is 0.0999. The van der Waals surface area contributed by atoms with Gasteiger partial charge < -0.3 is 15.0 Å². The molecular weight excluding hydrogens is 396 g/mol. The zero-order chi connectivity index (χ0) is 20.7. The van der Waals surface area contributed by atoms with Crippen molar-refractivity contribution in [3.05, 3.63) is 53.7 Å². The monoisotopic (exact) mass is 412 g/mol. The Bertz CT molecular complexity index is 1290. The Morgan fingerprint density at radius 3 is 2.76 bits per heavy atom. The number of primary amides is 1. The van der Waals surface area contributed by atoms with Gasteiger partial charge in [0.2, 0.25) is 5.91 Å². The molecule has 4 aromatic rings. The normalized spacial score (nSPS) is 12.2. The average molecular weight is 412 g/mol. The first-order valence-corrected chi connectivity index (χ1v) is 9.51. The number of methoxy groups -OCH3 is 1. The Morgan fingerprint density at radius 2 is 2.07 bits per heavy atom. The van der Waals surface area contributed by atoms with Crippen LogP contribution in [0.3, 0.4) is 0 Å². The zero-order valence-electron chi connectivity index (χ0n) is 15.4. The van der Waals surface area contributed by atoms with E-state index in [1.807, 2.05) is 0 Å². The smallest absolute Gasteiger partial charge is 0.268 e. The van der Waals surface area contributed by atoms with Crippen LogP contribution in [0.2, 0.25) is 0 Å². The van der Waals surface area contributed by atoms with Crippen LogP contribution >= 0.6 is 0 Å².